The Balaban J connectivity index is 1.70. The highest BCUT2D eigenvalue weighted by atomic mass is 16.5. The minimum absolute atomic E-state index is 0.184. The number of allylic oxidation sites excluding steroid dienone is 3. The zero-order valence-corrected chi connectivity index (χ0v) is 23.9. The lowest BCUT2D eigenvalue weighted by Crippen LogP contribution is -2.38. The van der Waals surface area contributed by atoms with Crippen LogP contribution in [-0.4, -0.2) is 37.0 Å². The van der Waals surface area contributed by atoms with Crippen LogP contribution in [0.4, 0.5) is 0 Å². The lowest BCUT2D eigenvalue weighted by atomic mass is 9.99. The Morgan fingerprint density at radius 3 is 2.33 bits per heavy atom. The van der Waals surface area contributed by atoms with Crippen molar-refractivity contribution in [3.63, 3.8) is 0 Å². The van der Waals surface area contributed by atoms with Crippen molar-refractivity contribution in [1.29, 1.82) is 0 Å². The van der Waals surface area contributed by atoms with Crippen molar-refractivity contribution in [2.45, 2.75) is 45.3 Å². The number of rotatable bonds is 16. The molecule has 6 heteroatoms. The van der Waals surface area contributed by atoms with Gasteiger partial charge in [-0.3, -0.25) is 0 Å². The van der Waals surface area contributed by atoms with Crippen molar-refractivity contribution < 1.29 is 19.7 Å². The van der Waals surface area contributed by atoms with Gasteiger partial charge in [0, 0.05) is 59.1 Å². The maximum Gasteiger partial charge on any atom is 0.128 e. The summed E-state index contributed by atoms with van der Waals surface area (Å²) in [5.74, 6) is 1.63. The fourth-order valence-corrected chi connectivity index (χ4v) is 4.69. The summed E-state index contributed by atoms with van der Waals surface area (Å²) in [4.78, 5) is 0. The highest BCUT2D eigenvalue weighted by Crippen LogP contribution is 2.37. The molecule has 6 nitrogen and oxygen atoms in total. The van der Waals surface area contributed by atoms with E-state index in [4.69, 9.17) is 9.47 Å². The second kappa shape index (κ2) is 15.6. The van der Waals surface area contributed by atoms with Gasteiger partial charge in [0.2, 0.25) is 0 Å². The predicted molar refractivity (Wildman–Crippen MR) is 164 cm³/mol. The van der Waals surface area contributed by atoms with E-state index in [9.17, 15) is 10.2 Å². The summed E-state index contributed by atoms with van der Waals surface area (Å²) in [7, 11) is 3.19. The van der Waals surface area contributed by atoms with Gasteiger partial charge in [-0.15, -0.1) is 0 Å². The monoisotopic (exact) mass is 542 g/mol. The Hall–Kier alpha value is -4.00. The van der Waals surface area contributed by atoms with E-state index in [0.29, 0.717) is 36.5 Å². The van der Waals surface area contributed by atoms with Crippen LogP contribution in [0.25, 0.3) is 16.7 Å². The molecular formula is C34H42N2O4. The van der Waals surface area contributed by atoms with Crippen molar-refractivity contribution in [2.24, 2.45) is 0 Å². The van der Waals surface area contributed by atoms with Gasteiger partial charge in [-0.2, -0.15) is 0 Å². The number of methoxy groups -OCH3 is 2. The Morgan fingerprint density at radius 1 is 0.925 bits per heavy atom. The first-order valence-corrected chi connectivity index (χ1v) is 13.7. The normalized spacial score (nSPS) is 12.1. The van der Waals surface area contributed by atoms with E-state index in [-0.39, 0.29) is 17.5 Å². The van der Waals surface area contributed by atoms with Crippen LogP contribution in [0.5, 0.6) is 17.2 Å². The number of aromatic hydroxyl groups is 2. The van der Waals surface area contributed by atoms with E-state index in [1.807, 2.05) is 60.7 Å². The molecule has 0 saturated carbocycles. The van der Waals surface area contributed by atoms with Gasteiger partial charge in [-0.25, -0.2) is 0 Å². The number of unbranched alkanes of at least 4 members (excludes halogenated alkanes) is 1. The van der Waals surface area contributed by atoms with Crippen LogP contribution < -0.4 is 15.4 Å². The molecule has 40 heavy (non-hydrogen) atoms. The van der Waals surface area contributed by atoms with Crippen molar-refractivity contribution >= 4 is 5.57 Å². The maximum atomic E-state index is 11.1. The van der Waals surface area contributed by atoms with Gasteiger partial charge < -0.3 is 30.3 Å². The van der Waals surface area contributed by atoms with Crippen molar-refractivity contribution in [3.05, 3.63) is 108 Å². The molecule has 4 N–H and O–H groups in total. The Labute approximate surface area is 238 Å². The van der Waals surface area contributed by atoms with E-state index in [2.05, 4.69) is 30.7 Å². The van der Waals surface area contributed by atoms with Crippen molar-refractivity contribution in [2.75, 3.05) is 20.8 Å². The van der Waals surface area contributed by atoms with E-state index in [1.165, 1.54) is 0 Å². The Bertz CT molecular complexity index is 1320. The molecule has 0 bridgehead atoms. The third-order valence-corrected chi connectivity index (χ3v) is 6.95. The molecule has 0 spiro atoms. The van der Waals surface area contributed by atoms with Gasteiger partial charge in [-0.1, -0.05) is 99.7 Å². The molecule has 0 heterocycles. The number of hydrogen-bond acceptors (Lipinski definition) is 6. The molecule has 3 aromatic rings. The molecular weight excluding hydrogens is 500 g/mol. The number of phenolic OH excluding ortho intramolecular Hbond substituents is 2. The highest BCUT2D eigenvalue weighted by molar-refractivity contribution is 5.81. The number of nitrogens with one attached hydrogen (secondary N) is 2. The summed E-state index contributed by atoms with van der Waals surface area (Å²) in [5.41, 5.74) is 4.56. The third-order valence-electron chi connectivity index (χ3n) is 6.95. The average Bonchev–Trinajstić information content (AvgIpc) is 2.98. The summed E-state index contributed by atoms with van der Waals surface area (Å²) < 4.78 is 10.8. The Kier molecular flexibility index (Phi) is 11.9. The molecule has 1 atom stereocenters. The molecule has 0 saturated heterocycles. The van der Waals surface area contributed by atoms with Crippen LogP contribution in [0, 0.1) is 0 Å². The van der Waals surface area contributed by atoms with E-state index < -0.39 is 0 Å². The molecule has 212 valence electrons. The fraction of sp³-hybridized carbons (Fsp3) is 0.294. The summed E-state index contributed by atoms with van der Waals surface area (Å²) in [5, 5.41) is 29.2. The van der Waals surface area contributed by atoms with E-state index in [0.717, 1.165) is 47.3 Å². The second-order valence-electron chi connectivity index (χ2n) is 9.62. The lowest BCUT2D eigenvalue weighted by molar-refractivity contribution is 0.312. The molecule has 0 radical (unpaired) electrons. The number of para-hydroxylation sites is 3. The van der Waals surface area contributed by atoms with Gasteiger partial charge in [-0.05, 0) is 12.5 Å². The summed E-state index contributed by atoms with van der Waals surface area (Å²) in [6.45, 7) is 11.6. The predicted octanol–water partition coefficient (Wildman–Crippen LogP) is 6.94. The average molecular weight is 543 g/mol. The minimum Gasteiger partial charge on any atom is -0.507 e. The fourth-order valence-electron chi connectivity index (χ4n) is 4.69. The molecule has 0 aliphatic rings. The first kappa shape index (κ1) is 30.5. The zero-order valence-electron chi connectivity index (χ0n) is 23.9. The van der Waals surface area contributed by atoms with Gasteiger partial charge in [0.25, 0.3) is 0 Å². The van der Waals surface area contributed by atoms with Crippen molar-refractivity contribution in [1.82, 2.24) is 10.6 Å². The molecule has 0 unspecified atom stereocenters. The summed E-state index contributed by atoms with van der Waals surface area (Å²) in [6.07, 6.45) is 6.60. The number of hydrogen-bond donors (Lipinski definition) is 4. The molecule has 3 aromatic carbocycles. The lowest BCUT2D eigenvalue weighted by Gasteiger charge is -2.21. The van der Waals surface area contributed by atoms with Crippen LogP contribution in [0.2, 0.25) is 0 Å². The SMILES string of the molecule is C=C/C=C(\C(=C)OC)c1cccc(CNC[C@H](CCCC)NCc2cccc(-c3ccccc3OC)c2O)c1O. The standard InChI is InChI=1S/C34H42N2O4/c1-6-8-16-27(23-35-21-25-14-11-18-30(33(25)37)28(13-7-2)24(3)39-4)36-22-26-15-12-19-31(34(26)38)29-17-9-10-20-32(29)40-5/h7,9-15,17-20,27,35-38H,2-3,6,8,16,21-23H2,1,4-5H3/b28-13+/t27-/m0/s1. The molecule has 0 fully saturated rings. The third kappa shape index (κ3) is 7.78. The van der Waals surface area contributed by atoms with Crippen LogP contribution in [0.15, 0.2) is 91.7 Å². The first-order valence-electron chi connectivity index (χ1n) is 13.7. The largest absolute Gasteiger partial charge is 0.507 e. The van der Waals surface area contributed by atoms with Crippen LogP contribution >= 0.6 is 0 Å². The van der Waals surface area contributed by atoms with Gasteiger partial charge >= 0.3 is 0 Å². The quantitative estimate of drug-likeness (QED) is 0.116. The van der Waals surface area contributed by atoms with Crippen LogP contribution in [0.3, 0.4) is 0 Å². The number of ether oxygens (including phenoxy) is 2. The van der Waals surface area contributed by atoms with Gasteiger partial charge in [0.15, 0.2) is 0 Å². The molecule has 0 aliphatic heterocycles. The molecule has 0 aromatic heterocycles. The second-order valence-corrected chi connectivity index (χ2v) is 9.62. The van der Waals surface area contributed by atoms with Gasteiger partial charge in [0.05, 0.1) is 14.2 Å². The minimum atomic E-state index is 0.184. The maximum absolute atomic E-state index is 11.1. The van der Waals surface area contributed by atoms with Crippen LogP contribution in [0.1, 0.15) is 42.9 Å². The number of phenols is 2. The van der Waals surface area contributed by atoms with Crippen molar-refractivity contribution in [3.8, 4) is 28.4 Å². The summed E-state index contributed by atoms with van der Waals surface area (Å²) in [6, 6.07) is 19.3. The van der Waals surface area contributed by atoms with Gasteiger partial charge in [0.1, 0.15) is 23.0 Å². The van der Waals surface area contributed by atoms with Crippen LogP contribution in [-0.2, 0) is 17.8 Å². The van der Waals surface area contributed by atoms with E-state index in [1.54, 1.807) is 26.4 Å². The molecule has 3 rings (SSSR count). The smallest absolute Gasteiger partial charge is 0.128 e. The highest BCUT2D eigenvalue weighted by Gasteiger charge is 2.16. The number of benzene rings is 3. The molecule has 0 aliphatic carbocycles. The zero-order chi connectivity index (χ0) is 28.9. The summed E-state index contributed by atoms with van der Waals surface area (Å²) >= 11 is 0. The molecule has 0 amide bonds. The Morgan fingerprint density at radius 2 is 1.62 bits per heavy atom. The topological polar surface area (TPSA) is 83.0 Å². The first-order chi connectivity index (χ1) is 19.4. The van der Waals surface area contributed by atoms with E-state index >= 15 is 0 Å².